The molecule has 3 aromatic rings. The summed E-state index contributed by atoms with van der Waals surface area (Å²) in [6.45, 7) is 4.35. The topological polar surface area (TPSA) is 35.5 Å². The molecule has 0 N–H and O–H groups in total. The van der Waals surface area contributed by atoms with E-state index in [1.54, 1.807) is 12.1 Å². The van der Waals surface area contributed by atoms with E-state index in [4.69, 9.17) is 9.47 Å². The molecule has 0 aliphatic rings. The first-order valence-electron chi connectivity index (χ1n) is 12.7. The number of carbonyl (C=O) groups is 1. The monoisotopic (exact) mass is 492 g/mol. The van der Waals surface area contributed by atoms with Crippen LogP contribution in [0.4, 0.5) is 8.78 Å². The lowest BCUT2D eigenvalue weighted by Crippen LogP contribution is -2.10. The van der Waals surface area contributed by atoms with Crippen LogP contribution in [-0.2, 0) is 19.3 Å². The minimum absolute atomic E-state index is 0.203. The van der Waals surface area contributed by atoms with Crippen molar-refractivity contribution in [3.63, 3.8) is 0 Å². The molecule has 0 fully saturated rings. The van der Waals surface area contributed by atoms with E-state index in [1.165, 1.54) is 42.5 Å². The number of aryl methyl sites for hydroxylation is 1. The van der Waals surface area contributed by atoms with Crippen LogP contribution in [0.3, 0.4) is 0 Å². The molecular formula is C31H34F2O3. The number of benzene rings is 3. The first-order chi connectivity index (χ1) is 17.5. The molecule has 3 aromatic carbocycles. The molecule has 0 saturated carbocycles. The van der Waals surface area contributed by atoms with Crippen LogP contribution in [0.15, 0.2) is 72.8 Å². The fraction of sp³-hybridized carbons (Fsp3) is 0.323. The quantitative estimate of drug-likeness (QED) is 0.105. The van der Waals surface area contributed by atoms with Crippen molar-refractivity contribution >= 4 is 5.97 Å². The highest BCUT2D eigenvalue weighted by Gasteiger charge is 2.18. The number of halogens is 2. The predicted molar refractivity (Wildman–Crippen MR) is 140 cm³/mol. The number of unbranched alkanes of at least 4 members (excludes halogenated alkanes) is 2. The Morgan fingerprint density at radius 3 is 1.89 bits per heavy atom. The normalized spacial score (nSPS) is 11.1. The maximum Gasteiger partial charge on any atom is 0.343 e. The highest BCUT2D eigenvalue weighted by Crippen LogP contribution is 2.28. The van der Waals surface area contributed by atoms with Crippen molar-refractivity contribution in [3.05, 3.63) is 107 Å². The van der Waals surface area contributed by atoms with Gasteiger partial charge in [0.05, 0.1) is 12.2 Å². The Balaban J connectivity index is 1.49. The van der Waals surface area contributed by atoms with Gasteiger partial charge in [-0.25, -0.2) is 4.79 Å². The van der Waals surface area contributed by atoms with Crippen LogP contribution >= 0.6 is 0 Å². The lowest BCUT2D eigenvalue weighted by atomic mass is 10.0. The van der Waals surface area contributed by atoms with Gasteiger partial charge in [-0.1, -0.05) is 75.2 Å². The van der Waals surface area contributed by atoms with E-state index in [0.717, 1.165) is 24.8 Å². The van der Waals surface area contributed by atoms with Crippen LogP contribution in [0.5, 0.6) is 11.5 Å². The fourth-order valence-corrected chi connectivity index (χ4v) is 3.71. The molecule has 3 rings (SSSR count). The molecule has 5 heteroatoms. The standard InChI is InChI=1S/C31H34F2O3/c1-3-5-6-9-23-12-14-24(15-13-23)10-7-8-11-25-16-18-26(19-17-25)31(34)36-28-21-20-27(35-22-4-2)29(32)30(28)33/h7-8,12-21H,3-6,9-11,22H2,1-2H3. The van der Waals surface area contributed by atoms with Crippen LogP contribution < -0.4 is 9.47 Å². The minimum atomic E-state index is -1.25. The van der Waals surface area contributed by atoms with Gasteiger partial charge < -0.3 is 9.47 Å². The van der Waals surface area contributed by atoms with Crippen LogP contribution in [-0.4, -0.2) is 12.6 Å². The summed E-state index contributed by atoms with van der Waals surface area (Å²) in [5.41, 5.74) is 3.95. The van der Waals surface area contributed by atoms with Crippen molar-refractivity contribution in [2.75, 3.05) is 6.61 Å². The summed E-state index contributed by atoms with van der Waals surface area (Å²) >= 11 is 0. The third kappa shape index (κ3) is 8.04. The second kappa shape index (κ2) is 14.2. The summed E-state index contributed by atoms with van der Waals surface area (Å²) in [5.74, 6) is -3.84. The Morgan fingerprint density at radius 1 is 0.722 bits per heavy atom. The summed E-state index contributed by atoms with van der Waals surface area (Å²) in [6.07, 6.45) is 11.4. The smallest absolute Gasteiger partial charge is 0.343 e. The lowest BCUT2D eigenvalue weighted by molar-refractivity contribution is 0.0726. The zero-order valence-corrected chi connectivity index (χ0v) is 21.1. The van der Waals surface area contributed by atoms with E-state index in [-0.39, 0.29) is 17.9 Å². The number of allylic oxidation sites excluding steroid dienone is 2. The Labute approximate surface area is 212 Å². The third-order valence-corrected chi connectivity index (χ3v) is 5.83. The van der Waals surface area contributed by atoms with Crippen LogP contribution in [0.1, 0.15) is 66.6 Å². The van der Waals surface area contributed by atoms with Gasteiger partial charge in [-0.05, 0) is 73.1 Å². The number of ether oxygens (including phenoxy) is 2. The predicted octanol–water partition coefficient (Wildman–Crippen LogP) is 8.05. The molecule has 36 heavy (non-hydrogen) atoms. The number of carbonyl (C=O) groups excluding carboxylic acids is 1. The molecule has 0 bridgehead atoms. The molecule has 0 atom stereocenters. The van der Waals surface area contributed by atoms with Gasteiger partial charge in [-0.2, -0.15) is 8.78 Å². The molecule has 0 radical (unpaired) electrons. The third-order valence-electron chi connectivity index (χ3n) is 5.83. The van der Waals surface area contributed by atoms with Gasteiger partial charge in [0.25, 0.3) is 0 Å². The molecule has 0 heterocycles. The van der Waals surface area contributed by atoms with Crippen molar-refractivity contribution in [2.45, 2.75) is 58.8 Å². The Bertz CT molecular complexity index is 1140. The van der Waals surface area contributed by atoms with Gasteiger partial charge in [-0.15, -0.1) is 0 Å². The zero-order valence-electron chi connectivity index (χ0n) is 21.1. The number of hydrogen-bond acceptors (Lipinski definition) is 3. The SMILES string of the molecule is CCCCCc1ccc(CC=CCc2ccc(C(=O)Oc3ccc(OCCC)c(F)c3F)cc2)cc1. The second-order valence-corrected chi connectivity index (χ2v) is 8.78. The first-order valence-corrected chi connectivity index (χ1v) is 12.7. The molecule has 190 valence electrons. The highest BCUT2D eigenvalue weighted by atomic mass is 19.2. The van der Waals surface area contributed by atoms with Crippen molar-refractivity contribution in [1.82, 2.24) is 0 Å². The molecular weight excluding hydrogens is 458 g/mol. The van der Waals surface area contributed by atoms with E-state index < -0.39 is 23.4 Å². The molecule has 0 aliphatic heterocycles. The summed E-state index contributed by atoms with van der Waals surface area (Å²) in [6, 6.07) is 18.1. The number of esters is 1. The van der Waals surface area contributed by atoms with E-state index in [0.29, 0.717) is 6.42 Å². The van der Waals surface area contributed by atoms with Gasteiger partial charge in [0.15, 0.2) is 11.5 Å². The van der Waals surface area contributed by atoms with Crippen LogP contribution in [0, 0.1) is 11.6 Å². The van der Waals surface area contributed by atoms with Crippen LogP contribution in [0.25, 0.3) is 0 Å². The highest BCUT2D eigenvalue weighted by molar-refractivity contribution is 5.91. The molecule has 0 saturated heterocycles. The van der Waals surface area contributed by atoms with Gasteiger partial charge in [0, 0.05) is 0 Å². The van der Waals surface area contributed by atoms with Crippen molar-refractivity contribution < 1.29 is 23.0 Å². The van der Waals surface area contributed by atoms with Crippen LogP contribution in [0.2, 0.25) is 0 Å². The number of rotatable bonds is 13. The van der Waals surface area contributed by atoms with E-state index in [2.05, 4.69) is 43.3 Å². The molecule has 0 unspecified atom stereocenters. The van der Waals surface area contributed by atoms with E-state index >= 15 is 0 Å². The molecule has 0 aliphatic carbocycles. The van der Waals surface area contributed by atoms with Gasteiger partial charge in [0.1, 0.15) is 0 Å². The van der Waals surface area contributed by atoms with Crippen molar-refractivity contribution in [3.8, 4) is 11.5 Å². The average molecular weight is 493 g/mol. The maximum absolute atomic E-state index is 14.3. The first kappa shape index (κ1) is 27.1. The Morgan fingerprint density at radius 2 is 1.28 bits per heavy atom. The largest absolute Gasteiger partial charge is 0.490 e. The van der Waals surface area contributed by atoms with Crippen molar-refractivity contribution in [2.24, 2.45) is 0 Å². The van der Waals surface area contributed by atoms with Crippen molar-refractivity contribution in [1.29, 1.82) is 0 Å². The number of hydrogen-bond donors (Lipinski definition) is 0. The minimum Gasteiger partial charge on any atom is -0.490 e. The molecule has 0 spiro atoms. The summed E-state index contributed by atoms with van der Waals surface area (Å²) in [4.78, 5) is 12.4. The van der Waals surface area contributed by atoms with E-state index in [9.17, 15) is 13.6 Å². The summed E-state index contributed by atoms with van der Waals surface area (Å²) in [7, 11) is 0. The average Bonchev–Trinajstić information content (AvgIpc) is 2.90. The van der Waals surface area contributed by atoms with Gasteiger partial charge >= 0.3 is 5.97 Å². The Kier molecular flexibility index (Phi) is 10.7. The zero-order chi connectivity index (χ0) is 25.8. The summed E-state index contributed by atoms with van der Waals surface area (Å²) < 4.78 is 38.6. The molecule has 3 nitrogen and oxygen atoms in total. The Hall–Kier alpha value is -3.47. The maximum atomic E-state index is 14.3. The second-order valence-electron chi connectivity index (χ2n) is 8.78. The lowest BCUT2D eigenvalue weighted by Gasteiger charge is -2.10. The summed E-state index contributed by atoms with van der Waals surface area (Å²) in [5, 5.41) is 0. The van der Waals surface area contributed by atoms with Gasteiger partial charge in [-0.3, -0.25) is 0 Å². The van der Waals surface area contributed by atoms with Gasteiger partial charge in [0.2, 0.25) is 11.6 Å². The fourth-order valence-electron chi connectivity index (χ4n) is 3.71. The molecule has 0 amide bonds. The van der Waals surface area contributed by atoms with E-state index in [1.807, 2.05) is 19.1 Å². The molecule has 0 aromatic heterocycles.